The van der Waals surface area contributed by atoms with Gasteiger partial charge < -0.3 is 40.4 Å². The summed E-state index contributed by atoms with van der Waals surface area (Å²) >= 11 is 3.07. The number of nitrogens with two attached hydrogens (primary N) is 1. The standard InChI is InChI=1S/C27H28BrNO10/c1-10-22(31)13(29)6-17(38-10)39-15-8-27(36,16(30)9-28)7-12-19(15)26(35)21-20(24(12)33)23(32)11-4-3-5-14(37-2)18(11)25(21)34/h3-5,10,13,15,17,22,31,33,35-36H,6-9,29H2,1-2H3. The highest BCUT2D eigenvalue weighted by atomic mass is 79.9. The van der Waals surface area contributed by atoms with Crippen molar-refractivity contribution < 1.29 is 49.0 Å². The van der Waals surface area contributed by atoms with Gasteiger partial charge in [-0.3, -0.25) is 14.4 Å². The number of benzene rings is 2. The number of aliphatic hydroxyl groups excluding tert-OH is 1. The minimum Gasteiger partial charge on any atom is -0.507 e. The van der Waals surface area contributed by atoms with E-state index in [0.717, 1.165) is 0 Å². The Morgan fingerprint density at radius 1 is 1.18 bits per heavy atom. The van der Waals surface area contributed by atoms with E-state index in [4.69, 9.17) is 19.9 Å². The topological polar surface area (TPSA) is 186 Å². The molecule has 1 fully saturated rings. The van der Waals surface area contributed by atoms with Crippen LogP contribution in [0.1, 0.15) is 68.8 Å². The molecule has 0 spiro atoms. The highest BCUT2D eigenvalue weighted by molar-refractivity contribution is 9.09. The summed E-state index contributed by atoms with van der Waals surface area (Å²) < 4.78 is 17.1. The van der Waals surface area contributed by atoms with Crippen LogP contribution in [0, 0.1) is 0 Å². The third-order valence-corrected chi connectivity index (χ3v) is 8.29. The highest BCUT2D eigenvalue weighted by Crippen LogP contribution is 2.52. The predicted molar refractivity (Wildman–Crippen MR) is 138 cm³/mol. The van der Waals surface area contributed by atoms with Crippen molar-refractivity contribution in [1.29, 1.82) is 0 Å². The summed E-state index contributed by atoms with van der Waals surface area (Å²) in [5.74, 6) is -3.20. The van der Waals surface area contributed by atoms with Gasteiger partial charge in [0.1, 0.15) is 22.8 Å². The quantitative estimate of drug-likeness (QED) is 0.209. The van der Waals surface area contributed by atoms with Gasteiger partial charge in [-0.05, 0) is 13.0 Å². The summed E-state index contributed by atoms with van der Waals surface area (Å²) in [5.41, 5.74) is 2.91. The molecule has 208 valence electrons. The third kappa shape index (κ3) is 4.26. The Labute approximate surface area is 231 Å². The number of halogens is 1. The number of hydrogen-bond acceptors (Lipinski definition) is 11. The smallest absolute Gasteiger partial charge is 0.202 e. The van der Waals surface area contributed by atoms with Gasteiger partial charge in [0.25, 0.3) is 0 Å². The molecular weight excluding hydrogens is 578 g/mol. The minimum absolute atomic E-state index is 0.0194. The van der Waals surface area contributed by atoms with Crippen molar-refractivity contribution in [1.82, 2.24) is 0 Å². The Balaban J connectivity index is 1.69. The predicted octanol–water partition coefficient (Wildman–Crippen LogP) is 1.40. The molecule has 2 aromatic carbocycles. The average Bonchev–Trinajstić information content (AvgIpc) is 2.90. The fourth-order valence-corrected chi connectivity index (χ4v) is 6.25. The average molecular weight is 606 g/mol. The third-order valence-electron chi connectivity index (χ3n) is 7.78. The molecule has 1 saturated heterocycles. The lowest BCUT2D eigenvalue weighted by Gasteiger charge is -2.42. The van der Waals surface area contributed by atoms with E-state index in [1.54, 1.807) is 6.92 Å². The maximum Gasteiger partial charge on any atom is 0.202 e. The molecule has 2 aliphatic carbocycles. The number of carbonyl (C=O) groups excluding carboxylic acids is 3. The van der Waals surface area contributed by atoms with Gasteiger partial charge in [-0.1, -0.05) is 28.1 Å². The van der Waals surface area contributed by atoms with E-state index >= 15 is 0 Å². The Bertz CT molecular complexity index is 1380. The Hall–Kier alpha value is -2.87. The summed E-state index contributed by atoms with van der Waals surface area (Å²) in [7, 11) is 1.34. The van der Waals surface area contributed by atoms with Gasteiger partial charge in [0, 0.05) is 42.0 Å². The second-order valence-corrected chi connectivity index (χ2v) is 10.7. The van der Waals surface area contributed by atoms with Gasteiger partial charge in [0.05, 0.1) is 47.4 Å². The molecule has 6 unspecified atom stereocenters. The summed E-state index contributed by atoms with van der Waals surface area (Å²) in [5, 5.41) is 44.2. The van der Waals surface area contributed by atoms with Crippen molar-refractivity contribution in [2.45, 2.75) is 62.4 Å². The number of carbonyl (C=O) groups is 3. The fourth-order valence-electron chi connectivity index (χ4n) is 5.73. The number of fused-ring (bicyclic) bond motifs is 3. The van der Waals surface area contributed by atoms with Crippen LogP contribution in [0.3, 0.4) is 0 Å². The van der Waals surface area contributed by atoms with E-state index in [9.17, 15) is 34.8 Å². The van der Waals surface area contributed by atoms with E-state index in [-0.39, 0.29) is 46.2 Å². The number of aromatic hydroxyl groups is 2. The first-order valence-corrected chi connectivity index (χ1v) is 13.5. The molecule has 39 heavy (non-hydrogen) atoms. The number of rotatable bonds is 5. The first-order valence-electron chi connectivity index (χ1n) is 12.4. The summed E-state index contributed by atoms with van der Waals surface area (Å²) in [6.07, 6.45) is -4.62. The van der Waals surface area contributed by atoms with Crippen molar-refractivity contribution in [2.75, 3.05) is 12.4 Å². The van der Waals surface area contributed by atoms with Crippen molar-refractivity contribution >= 4 is 33.3 Å². The number of phenols is 2. The molecule has 6 atom stereocenters. The summed E-state index contributed by atoms with van der Waals surface area (Å²) in [4.78, 5) is 40.0. The van der Waals surface area contributed by atoms with Gasteiger partial charge in [0.2, 0.25) is 5.78 Å². The zero-order valence-electron chi connectivity index (χ0n) is 21.1. The molecule has 12 heteroatoms. The molecule has 1 heterocycles. The SMILES string of the molecule is COc1cccc2c1C(=O)c1c(O)c3c(c(O)c1C2=O)CC(O)(C(=O)CBr)CC3OC1CC(N)C(O)C(C)O1. The Morgan fingerprint density at radius 2 is 1.87 bits per heavy atom. The molecule has 0 bridgehead atoms. The molecule has 1 aliphatic heterocycles. The second kappa shape index (κ2) is 9.95. The van der Waals surface area contributed by atoms with Crippen LogP contribution < -0.4 is 10.5 Å². The molecule has 5 rings (SSSR count). The molecule has 11 nitrogen and oxygen atoms in total. The number of aliphatic hydroxyl groups is 2. The first kappa shape index (κ1) is 27.7. The number of hydrogen-bond donors (Lipinski definition) is 5. The maximum atomic E-state index is 13.7. The lowest BCUT2D eigenvalue weighted by molar-refractivity contribution is -0.247. The van der Waals surface area contributed by atoms with E-state index in [1.807, 2.05) is 0 Å². The molecule has 0 saturated carbocycles. The summed E-state index contributed by atoms with van der Waals surface area (Å²) in [6.45, 7) is 1.61. The lowest BCUT2D eigenvalue weighted by atomic mass is 9.72. The molecule has 0 radical (unpaired) electrons. The van der Waals surface area contributed by atoms with E-state index in [0.29, 0.717) is 0 Å². The van der Waals surface area contributed by atoms with Crippen LogP contribution in [-0.2, 0) is 20.7 Å². The zero-order valence-corrected chi connectivity index (χ0v) is 22.7. The molecule has 6 N–H and O–H groups in total. The van der Waals surface area contributed by atoms with Crippen molar-refractivity contribution in [2.24, 2.45) is 5.73 Å². The number of ketones is 3. The number of ether oxygens (including phenoxy) is 3. The van der Waals surface area contributed by atoms with Crippen LogP contribution in [0.25, 0.3) is 0 Å². The van der Waals surface area contributed by atoms with E-state index in [1.165, 1.54) is 25.3 Å². The monoisotopic (exact) mass is 605 g/mol. The number of phenolic OH excluding ortho intramolecular Hbond substituents is 2. The second-order valence-electron chi connectivity index (χ2n) is 10.1. The van der Waals surface area contributed by atoms with E-state index in [2.05, 4.69) is 15.9 Å². The maximum absolute atomic E-state index is 13.7. The van der Waals surface area contributed by atoms with Gasteiger partial charge in [0.15, 0.2) is 17.9 Å². The Morgan fingerprint density at radius 3 is 2.51 bits per heavy atom. The molecule has 0 aromatic heterocycles. The highest BCUT2D eigenvalue weighted by Gasteiger charge is 2.50. The fraction of sp³-hybridized carbons (Fsp3) is 0.444. The normalized spacial score (nSPS) is 29.8. The number of alkyl halides is 1. The zero-order chi connectivity index (χ0) is 28.4. The van der Waals surface area contributed by atoms with Crippen LogP contribution in [0.2, 0.25) is 0 Å². The minimum atomic E-state index is -2.04. The van der Waals surface area contributed by atoms with Crippen molar-refractivity contribution in [3.05, 3.63) is 51.6 Å². The lowest BCUT2D eigenvalue weighted by Crippen LogP contribution is -2.52. The van der Waals surface area contributed by atoms with Gasteiger partial charge in [-0.15, -0.1) is 0 Å². The van der Waals surface area contributed by atoms with Crippen LogP contribution in [0.4, 0.5) is 0 Å². The Kier molecular flexibility index (Phi) is 7.06. The van der Waals surface area contributed by atoms with Crippen LogP contribution in [0.15, 0.2) is 18.2 Å². The van der Waals surface area contributed by atoms with Gasteiger partial charge in [-0.25, -0.2) is 0 Å². The van der Waals surface area contributed by atoms with Crippen molar-refractivity contribution in [3.8, 4) is 17.2 Å². The van der Waals surface area contributed by atoms with Crippen LogP contribution >= 0.6 is 15.9 Å². The molecule has 0 amide bonds. The van der Waals surface area contributed by atoms with Gasteiger partial charge >= 0.3 is 0 Å². The molecule has 3 aliphatic rings. The number of Topliss-reactive ketones (excluding diaryl/α,β-unsaturated/α-hetero) is 1. The van der Waals surface area contributed by atoms with Crippen LogP contribution in [-0.4, -0.2) is 80.4 Å². The largest absolute Gasteiger partial charge is 0.507 e. The summed E-state index contributed by atoms with van der Waals surface area (Å²) in [6, 6.07) is 3.74. The van der Waals surface area contributed by atoms with Gasteiger partial charge in [-0.2, -0.15) is 0 Å². The number of methoxy groups -OCH3 is 1. The molecule has 2 aromatic rings. The first-order chi connectivity index (χ1) is 18.4. The van der Waals surface area contributed by atoms with E-state index < -0.39 is 82.6 Å². The van der Waals surface area contributed by atoms with Crippen LogP contribution in [0.5, 0.6) is 17.2 Å². The molecular formula is C27H28BrNO10. The van der Waals surface area contributed by atoms with Crippen molar-refractivity contribution in [3.63, 3.8) is 0 Å².